The zero-order chi connectivity index (χ0) is 23.8. The van der Waals surface area contributed by atoms with Crippen LogP contribution in [0.25, 0.3) is 11.4 Å². The zero-order valence-electron chi connectivity index (χ0n) is 19.8. The number of imidazole rings is 1. The SMILES string of the molecule is Cc1c(N[C@@H]2CC[C@H](CO)C2)cc(-c2nccn2C)cc1C(=O)N1CCc2c(O)cccc2C1. The molecular weight excluding hydrogens is 428 g/mol. The van der Waals surface area contributed by atoms with E-state index >= 15 is 0 Å². The van der Waals surface area contributed by atoms with E-state index in [1.165, 1.54) is 0 Å². The first-order valence-corrected chi connectivity index (χ1v) is 12.0. The fourth-order valence-electron chi connectivity index (χ4n) is 5.38. The summed E-state index contributed by atoms with van der Waals surface area (Å²) >= 11 is 0. The highest BCUT2D eigenvalue weighted by Gasteiger charge is 2.28. The standard InChI is InChI=1S/C27H32N4O3/c1-17-23(27(34)31-10-8-22-19(15-31)4-3-5-25(22)33)13-20(26-28-9-11-30(26)2)14-24(17)29-21-7-6-18(12-21)16-32/h3-5,9,11,13-14,18,21,29,32-33H,6-8,10,12,15-16H2,1-2H3/t18-,21+/m0/s1. The fraction of sp³-hybridized carbons (Fsp3) is 0.407. The molecule has 3 N–H and O–H groups in total. The number of nitrogens with zero attached hydrogens (tertiary/aromatic N) is 3. The Morgan fingerprint density at radius 3 is 2.85 bits per heavy atom. The molecule has 7 heteroatoms. The summed E-state index contributed by atoms with van der Waals surface area (Å²) in [5, 5.41) is 23.4. The van der Waals surface area contributed by atoms with Crippen LogP contribution in [0.1, 0.15) is 46.3 Å². The van der Waals surface area contributed by atoms with Crippen LogP contribution >= 0.6 is 0 Å². The van der Waals surface area contributed by atoms with Crippen molar-refractivity contribution in [1.82, 2.24) is 14.5 Å². The van der Waals surface area contributed by atoms with Gasteiger partial charge in [0.15, 0.2) is 0 Å². The highest BCUT2D eigenvalue weighted by atomic mass is 16.3. The van der Waals surface area contributed by atoms with Gasteiger partial charge in [-0.15, -0.1) is 0 Å². The quantitative estimate of drug-likeness (QED) is 0.538. The van der Waals surface area contributed by atoms with Crippen molar-refractivity contribution in [2.75, 3.05) is 18.5 Å². The van der Waals surface area contributed by atoms with E-state index in [4.69, 9.17) is 0 Å². The Hall–Kier alpha value is -3.32. The van der Waals surface area contributed by atoms with E-state index in [0.717, 1.165) is 53.0 Å². The number of rotatable bonds is 5. The second-order valence-corrected chi connectivity index (χ2v) is 9.65. The lowest BCUT2D eigenvalue weighted by Crippen LogP contribution is -2.36. The summed E-state index contributed by atoms with van der Waals surface area (Å²) in [5.74, 6) is 1.44. The van der Waals surface area contributed by atoms with Crippen LogP contribution in [0.3, 0.4) is 0 Å². The number of hydrogen-bond acceptors (Lipinski definition) is 5. The lowest BCUT2D eigenvalue weighted by molar-refractivity contribution is 0.0733. The molecule has 1 aliphatic heterocycles. The number of nitrogens with one attached hydrogen (secondary N) is 1. The normalized spacial score (nSPS) is 19.8. The van der Waals surface area contributed by atoms with Gasteiger partial charge in [-0.3, -0.25) is 4.79 Å². The third kappa shape index (κ3) is 4.16. The number of aromatic hydroxyl groups is 1. The Labute approximate surface area is 200 Å². The molecule has 1 amide bonds. The van der Waals surface area contributed by atoms with Gasteiger partial charge in [0.2, 0.25) is 0 Å². The third-order valence-electron chi connectivity index (χ3n) is 7.40. The monoisotopic (exact) mass is 460 g/mol. The number of aryl methyl sites for hydroxylation is 1. The number of anilines is 1. The minimum absolute atomic E-state index is 0.00902. The summed E-state index contributed by atoms with van der Waals surface area (Å²) < 4.78 is 1.96. The lowest BCUT2D eigenvalue weighted by atomic mass is 9.96. The van der Waals surface area contributed by atoms with E-state index < -0.39 is 0 Å². The van der Waals surface area contributed by atoms with Crippen molar-refractivity contribution in [2.45, 2.75) is 45.2 Å². The first kappa shape index (κ1) is 22.5. The summed E-state index contributed by atoms with van der Waals surface area (Å²) in [4.78, 5) is 20.2. The van der Waals surface area contributed by atoms with E-state index in [2.05, 4.69) is 16.4 Å². The van der Waals surface area contributed by atoms with Gasteiger partial charge in [-0.1, -0.05) is 12.1 Å². The topological polar surface area (TPSA) is 90.6 Å². The number of amides is 1. The molecule has 1 saturated carbocycles. The van der Waals surface area contributed by atoms with E-state index in [-0.39, 0.29) is 18.6 Å². The van der Waals surface area contributed by atoms with E-state index in [1.807, 2.05) is 47.8 Å². The van der Waals surface area contributed by atoms with Crippen molar-refractivity contribution in [1.29, 1.82) is 0 Å². The first-order chi connectivity index (χ1) is 16.4. The third-order valence-corrected chi connectivity index (χ3v) is 7.40. The number of benzene rings is 2. The second-order valence-electron chi connectivity index (χ2n) is 9.65. The van der Waals surface area contributed by atoms with Crippen LogP contribution < -0.4 is 5.32 Å². The molecular formula is C27H32N4O3. The van der Waals surface area contributed by atoms with Crippen molar-refractivity contribution in [2.24, 2.45) is 13.0 Å². The van der Waals surface area contributed by atoms with Gasteiger partial charge in [-0.05, 0) is 67.9 Å². The fourth-order valence-corrected chi connectivity index (χ4v) is 5.38. The molecule has 0 unspecified atom stereocenters. The number of aromatic nitrogens is 2. The van der Waals surface area contributed by atoms with Gasteiger partial charge in [-0.2, -0.15) is 0 Å². The Morgan fingerprint density at radius 1 is 1.26 bits per heavy atom. The highest BCUT2D eigenvalue weighted by Crippen LogP contribution is 2.34. The van der Waals surface area contributed by atoms with Crippen LogP contribution in [0, 0.1) is 12.8 Å². The van der Waals surface area contributed by atoms with E-state index in [9.17, 15) is 15.0 Å². The van der Waals surface area contributed by atoms with Crippen LogP contribution in [0.2, 0.25) is 0 Å². The average Bonchev–Trinajstić information content (AvgIpc) is 3.48. The van der Waals surface area contributed by atoms with Gasteiger partial charge >= 0.3 is 0 Å². The minimum atomic E-state index is -0.00902. The van der Waals surface area contributed by atoms with Crippen LogP contribution in [0.15, 0.2) is 42.7 Å². The second kappa shape index (κ2) is 9.14. The molecule has 5 rings (SSSR count). The smallest absolute Gasteiger partial charge is 0.254 e. The highest BCUT2D eigenvalue weighted by molar-refractivity contribution is 5.98. The summed E-state index contributed by atoms with van der Waals surface area (Å²) in [5.41, 5.74) is 5.38. The molecule has 0 bridgehead atoms. The molecule has 2 aliphatic rings. The number of carbonyl (C=O) groups is 1. The Bertz CT molecular complexity index is 1220. The molecule has 1 aromatic heterocycles. The number of fused-ring (bicyclic) bond motifs is 1. The van der Waals surface area contributed by atoms with Crippen molar-refractivity contribution in [3.63, 3.8) is 0 Å². The number of carbonyl (C=O) groups excluding carboxylic acids is 1. The molecule has 3 aromatic rings. The van der Waals surface area contributed by atoms with Crippen molar-refractivity contribution in [3.05, 3.63) is 65.0 Å². The maximum atomic E-state index is 13.8. The van der Waals surface area contributed by atoms with Gasteiger partial charge in [0.05, 0.1) is 0 Å². The minimum Gasteiger partial charge on any atom is -0.508 e. The number of phenols is 1. The molecule has 2 heterocycles. The molecule has 1 aliphatic carbocycles. The number of phenolic OH excluding ortho intramolecular Hbond substituents is 1. The predicted octanol–water partition coefficient (Wildman–Crippen LogP) is 3.87. The Morgan fingerprint density at radius 2 is 2.12 bits per heavy atom. The molecule has 7 nitrogen and oxygen atoms in total. The molecule has 0 spiro atoms. The predicted molar refractivity (Wildman–Crippen MR) is 132 cm³/mol. The Kier molecular flexibility index (Phi) is 6.04. The molecule has 2 atom stereocenters. The number of aliphatic hydroxyl groups excluding tert-OH is 1. The van der Waals surface area contributed by atoms with Crippen molar-refractivity contribution < 1.29 is 15.0 Å². The molecule has 0 saturated heterocycles. The van der Waals surface area contributed by atoms with Gasteiger partial charge in [-0.25, -0.2) is 4.98 Å². The molecule has 34 heavy (non-hydrogen) atoms. The van der Waals surface area contributed by atoms with Crippen LogP contribution in [-0.2, 0) is 20.0 Å². The van der Waals surface area contributed by atoms with Crippen molar-refractivity contribution >= 4 is 11.6 Å². The maximum absolute atomic E-state index is 13.8. The molecule has 178 valence electrons. The van der Waals surface area contributed by atoms with Gasteiger partial charge < -0.3 is 25.0 Å². The zero-order valence-corrected chi connectivity index (χ0v) is 19.8. The number of hydrogen-bond donors (Lipinski definition) is 3. The summed E-state index contributed by atoms with van der Waals surface area (Å²) in [6, 6.07) is 9.84. The van der Waals surface area contributed by atoms with Crippen molar-refractivity contribution in [3.8, 4) is 17.1 Å². The summed E-state index contributed by atoms with van der Waals surface area (Å²) in [6.45, 7) is 3.28. The first-order valence-electron chi connectivity index (χ1n) is 12.0. The Balaban J connectivity index is 1.49. The average molecular weight is 461 g/mol. The van der Waals surface area contributed by atoms with Crippen LogP contribution in [-0.4, -0.2) is 49.8 Å². The molecule has 2 aromatic carbocycles. The molecule has 1 fully saturated rings. The van der Waals surface area contributed by atoms with E-state index in [1.54, 1.807) is 12.3 Å². The van der Waals surface area contributed by atoms with Gasteiger partial charge in [0.1, 0.15) is 11.6 Å². The number of aliphatic hydroxyl groups is 1. The summed E-state index contributed by atoms with van der Waals surface area (Å²) in [6.07, 6.45) is 7.26. The summed E-state index contributed by atoms with van der Waals surface area (Å²) in [7, 11) is 1.95. The maximum Gasteiger partial charge on any atom is 0.254 e. The molecule has 0 radical (unpaired) electrons. The lowest BCUT2D eigenvalue weighted by Gasteiger charge is -2.30. The van der Waals surface area contributed by atoms with Gasteiger partial charge in [0.25, 0.3) is 5.91 Å². The van der Waals surface area contributed by atoms with Gasteiger partial charge in [0, 0.05) is 67.6 Å². The van der Waals surface area contributed by atoms with Crippen LogP contribution in [0.4, 0.5) is 5.69 Å². The van der Waals surface area contributed by atoms with E-state index in [0.29, 0.717) is 36.7 Å². The largest absolute Gasteiger partial charge is 0.508 e. The van der Waals surface area contributed by atoms with Crippen LogP contribution in [0.5, 0.6) is 5.75 Å².